The van der Waals surface area contributed by atoms with Crippen LogP contribution in [0.1, 0.15) is 6.42 Å². The SMILES string of the molecule is O=C(CCNc1ccc(F)c(F)c1)Nc1cccc2cccnc12. The summed E-state index contributed by atoms with van der Waals surface area (Å²) < 4.78 is 25.9. The molecule has 0 aliphatic heterocycles. The molecule has 0 aliphatic carbocycles. The zero-order valence-electron chi connectivity index (χ0n) is 12.7. The van der Waals surface area contributed by atoms with Crippen molar-refractivity contribution < 1.29 is 13.6 Å². The number of carbonyl (C=O) groups is 1. The molecule has 1 heterocycles. The van der Waals surface area contributed by atoms with Crippen LogP contribution in [0.2, 0.25) is 0 Å². The average molecular weight is 327 g/mol. The van der Waals surface area contributed by atoms with Crippen LogP contribution in [0.25, 0.3) is 10.9 Å². The Morgan fingerprint density at radius 1 is 1.04 bits per heavy atom. The van der Waals surface area contributed by atoms with Crippen LogP contribution in [0.4, 0.5) is 20.2 Å². The summed E-state index contributed by atoms with van der Waals surface area (Å²) in [6.07, 6.45) is 1.85. The molecule has 6 heteroatoms. The van der Waals surface area contributed by atoms with Crippen molar-refractivity contribution in [2.75, 3.05) is 17.2 Å². The highest BCUT2D eigenvalue weighted by molar-refractivity contribution is 6.00. The Bertz CT molecular complexity index is 878. The molecule has 2 N–H and O–H groups in total. The molecular weight excluding hydrogens is 312 g/mol. The van der Waals surface area contributed by atoms with E-state index in [1.54, 1.807) is 12.3 Å². The number of carbonyl (C=O) groups excluding carboxylic acids is 1. The highest BCUT2D eigenvalue weighted by Crippen LogP contribution is 2.20. The van der Waals surface area contributed by atoms with Crippen molar-refractivity contribution in [3.63, 3.8) is 0 Å². The summed E-state index contributed by atoms with van der Waals surface area (Å²) in [6, 6.07) is 12.8. The number of amides is 1. The van der Waals surface area contributed by atoms with E-state index in [0.717, 1.165) is 23.0 Å². The Hall–Kier alpha value is -3.02. The minimum absolute atomic E-state index is 0.183. The number of hydrogen-bond donors (Lipinski definition) is 2. The van der Waals surface area contributed by atoms with E-state index in [1.165, 1.54) is 6.07 Å². The van der Waals surface area contributed by atoms with E-state index in [9.17, 15) is 13.6 Å². The number of nitrogens with zero attached hydrogens (tertiary/aromatic N) is 1. The van der Waals surface area contributed by atoms with E-state index >= 15 is 0 Å². The molecule has 1 amide bonds. The average Bonchev–Trinajstić information content (AvgIpc) is 2.58. The minimum atomic E-state index is -0.925. The second-order valence-corrected chi connectivity index (χ2v) is 5.23. The van der Waals surface area contributed by atoms with Crippen molar-refractivity contribution >= 4 is 28.2 Å². The van der Waals surface area contributed by atoms with Gasteiger partial charge in [0, 0.05) is 30.2 Å². The van der Waals surface area contributed by atoms with Gasteiger partial charge in [0.2, 0.25) is 5.91 Å². The largest absolute Gasteiger partial charge is 0.384 e. The Kier molecular flexibility index (Phi) is 4.65. The third-order valence-corrected chi connectivity index (χ3v) is 3.51. The second-order valence-electron chi connectivity index (χ2n) is 5.23. The molecular formula is C18H15F2N3O. The fourth-order valence-corrected chi connectivity index (χ4v) is 2.34. The molecule has 3 aromatic rings. The van der Waals surface area contributed by atoms with Gasteiger partial charge in [-0.2, -0.15) is 0 Å². The highest BCUT2D eigenvalue weighted by atomic mass is 19.2. The molecule has 3 rings (SSSR count). The Morgan fingerprint density at radius 2 is 1.88 bits per heavy atom. The van der Waals surface area contributed by atoms with Gasteiger partial charge in [-0.25, -0.2) is 8.78 Å². The number of hydrogen-bond acceptors (Lipinski definition) is 3. The number of benzene rings is 2. The van der Waals surface area contributed by atoms with Gasteiger partial charge in [0.1, 0.15) is 0 Å². The van der Waals surface area contributed by atoms with Crippen LogP contribution in [0, 0.1) is 11.6 Å². The molecule has 0 bridgehead atoms. The molecule has 0 spiro atoms. The third kappa shape index (κ3) is 3.65. The van der Waals surface area contributed by atoms with E-state index in [-0.39, 0.29) is 12.3 Å². The number of rotatable bonds is 5. The number of nitrogens with one attached hydrogen (secondary N) is 2. The Morgan fingerprint density at radius 3 is 2.71 bits per heavy atom. The normalized spacial score (nSPS) is 10.6. The molecule has 2 aromatic carbocycles. The Balaban J connectivity index is 1.58. The quantitative estimate of drug-likeness (QED) is 0.746. The van der Waals surface area contributed by atoms with Gasteiger partial charge in [0.15, 0.2) is 11.6 Å². The molecule has 122 valence electrons. The lowest BCUT2D eigenvalue weighted by atomic mass is 10.2. The summed E-state index contributed by atoms with van der Waals surface area (Å²) in [5.74, 6) is -2.02. The maximum Gasteiger partial charge on any atom is 0.226 e. The second kappa shape index (κ2) is 7.04. The van der Waals surface area contributed by atoms with Crippen molar-refractivity contribution in [2.45, 2.75) is 6.42 Å². The van der Waals surface area contributed by atoms with Gasteiger partial charge in [-0.3, -0.25) is 9.78 Å². The number of anilines is 2. The van der Waals surface area contributed by atoms with Gasteiger partial charge in [0.25, 0.3) is 0 Å². The first-order chi connectivity index (χ1) is 11.6. The fourth-order valence-electron chi connectivity index (χ4n) is 2.34. The summed E-state index contributed by atoms with van der Waals surface area (Å²) >= 11 is 0. The van der Waals surface area contributed by atoms with E-state index in [2.05, 4.69) is 15.6 Å². The zero-order valence-corrected chi connectivity index (χ0v) is 12.7. The standard InChI is InChI=1S/C18H15F2N3O/c19-14-7-6-13(11-15(14)20)21-10-8-17(24)23-16-5-1-3-12-4-2-9-22-18(12)16/h1-7,9,11,21H,8,10H2,(H,23,24). The molecule has 0 atom stereocenters. The zero-order chi connectivity index (χ0) is 16.9. The van der Waals surface area contributed by atoms with Crippen LogP contribution in [-0.2, 0) is 4.79 Å². The summed E-state index contributed by atoms with van der Waals surface area (Å²) in [5.41, 5.74) is 1.79. The molecule has 0 unspecified atom stereocenters. The monoisotopic (exact) mass is 327 g/mol. The number of aromatic nitrogens is 1. The van der Waals surface area contributed by atoms with Crippen LogP contribution >= 0.6 is 0 Å². The summed E-state index contributed by atoms with van der Waals surface area (Å²) in [6.45, 7) is 0.301. The molecule has 0 saturated heterocycles. The van der Waals surface area contributed by atoms with Crippen LogP contribution in [0.5, 0.6) is 0 Å². The lowest BCUT2D eigenvalue weighted by molar-refractivity contribution is -0.115. The van der Waals surface area contributed by atoms with Crippen molar-refractivity contribution in [3.8, 4) is 0 Å². The van der Waals surface area contributed by atoms with Gasteiger partial charge >= 0.3 is 0 Å². The van der Waals surface area contributed by atoms with Gasteiger partial charge < -0.3 is 10.6 Å². The fraction of sp³-hybridized carbons (Fsp3) is 0.111. The first-order valence-corrected chi connectivity index (χ1v) is 7.46. The van der Waals surface area contributed by atoms with Gasteiger partial charge in [-0.15, -0.1) is 0 Å². The van der Waals surface area contributed by atoms with Gasteiger partial charge in [-0.1, -0.05) is 18.2 Å². The molecule has 0 saturated carbocycles. The van der Waals surface area contributed by atoms with Crippen molar-refractivity contribution in [2.24, 2.45) is 0 Å². The third-order valence-electron chi connectivity index (χ3n) is 3.51. The molecule has 0 aliphatic rings. The summed E-state index contributed by atoms with van der Waals surface area (Å²) in [4.78, 5) is 16.3. The van der Waals surface area contributed by atoms with E-state index in [1.807, 2.05) is 24.3 Å². The molecule has 1 aromatic heterocycles. The minimum Gasteiger partial charge on any atom is -0.384 e. The van der Waals surface area contributed by atoms with Crippen molar-refractivity contribution in [3.05, 3.63) is 66.4 Å². The first-order valence-electron chi connectivity index (χ1n) is 7.46. The molecule has 24 heavy (non-hydrogen) atoms. The highest BCUT2D eigenvalue weighted by Gasteiger charge is 2.07. The Labute approximate surface area is 137 Å². The van der Waals surface area contributed by atoms with Gasteiger partial charge in [-0.05, 0) is 30.3 Å². The summed E-state index contributed by atoms with van der Waals surface area (Å²) in [5, 5.41) is 6.64. The van der Waals surface area contributed by atoms with E-state index in [0.29, 0.717) is 17.9 Å². The van der Waals surface area contributed by atoms with Crippen LogP contribution in [-0.4, -0.2) is 17.4 Å². The van der Waals surface area contributed by atoms with E-state index < -0.39 is 11.6 Å². The molecule has 0 fully saturated rings. The van der Waals surface area contributed by atoms with Crippen LogP contribution in [0.3, 0.4) is 0 Å². The topological polar surface area (TPSA) is 54.0 Å². The predicted molar refractivity (Wildman–Crippen MR) is 89.8 cm³/mol. The lowest BCUT2D eigenvalue weighted by Gasteiger charge is -2.09. The molecule has 4 nitrogen and oxygen atoms in total. The smallest absolute Gasteiger partial charge is 0.226 e. The lowest BCUT2D eigenvalue weighted by Crippen LogP contribution is -2.16. The summed E-state index contributed by atoms with van der Waals surface area (Å²) in [7, 11) is 0. The van der Waals surface area contributed by atoms with Crippen molar-refractivity contribution in [1.29, 1.82) is 0 Å². The number of halogens is 2. The maximum absolute atomic E-state index is 13.1. The predicted octanol–water partition coefficient (Wildman–Crippen LogP) is 3.95. The molecule has 0 radical (unpaired) electrons. The number of fused-ring (bicyclic) bond motifs is 1. The van der Waals surface area contributed by atoms with E-state index in [4.69, 9.17) is 0 Å². The van der Waals surface area contributed by atoms with Crippen molar-refractivity contribution in [1.82, 2.24) is 4.98 Å². The van der Waals surface area contributed by atoms with Crippen LogP contribution in [0.15, 0.2) is 54.7 Å². The number of pyridine rings is 1. The first kappa shape index (κ1) is 15.9. The van der Waals surface area contributed by atoms with Gasteiger partial charge in [0.05, 0.1) is 11.2 Å². The maximum atomic E-state index is 13.1. The van der Waals surface area contributed by atoms with Crippen LogP contribution < -0.4 is 10.6 Å². The number of para-hydroxylation sites is 1.